The lowest BCUT2D eigenvalue weighted by atomic mass is 10.1. The van der Waals surface area contributed by atoms with E-state index in [1.54, 1.807) is 18.2 Å². The number of ether oxygens (including phenoxy) is 2. The van der Waals surface area contributed by atoms with Crippen molar-refractivity contribution in [1.29, 1.82) is 0 Å². The average Bonchev–Trinajstić information content (AvgIpc) is 2.74. The minimum absolute atomic E-state index is 0.349. The summed E-state index contributed by atoms with van der Waals surface area (Å²) >= 11 is 0. The van der Waals surface area contributed by atoms with Crippen LogP contribution in [0.4, 0.5) is 5.69 Å². The minimum Gasteiger partial charge on any atom is -0.497 e. The molecule has 2 N–H and O–H groups in total. The van der Waals surface area contributed by atoms with Gasteiger partial charge in [0.1, 0.15) is 11.5 Å². The van der Waals surface area contributed by atoms with Crippen molar-refractivity contribution in [3.05, 3.63) is 66.2 Å². The van der Waals surface area contributed by atoms with Crippen molar-refractivity contribution in [2.75, 3.05) is 19.5 Å². The van der Waals surface area contributed by atoms with Gasteiger partial charge in [0.15, 0.2) is 0 Å². The quantitative estimate of drug-likeness (QED) is 0.406. The van der Waals surface area contributed by atoms with Gasteiger partial charge in [-0.1, -0.05) is 42.5 Å². The normalized spacial score (nSPS) is 10.6. The molecule has 0 atom stereocenters. The number of fused-ring (bicyclic) bond motifs is 1. The summed E-state index contributed by atoms with van der Waals surface area (Å²) in [4.78, 5) is 24.1. The first kappa shape index (κ1) is 18.9. The number of hydrogen-bond donors (Lipinski definition) is 2. The zero-order chi connectivity index (χ0) is 19.9. The fraction of sp³-hybridized carbons (Fsp3) is 0.0952. The Labute approximate surface area is 162 Å². The number of hydrazone groups is 1. The summed E-state index contributed by atoms with van der Waals surface area (Å²) in [5.41, 5.74) is 3.41. The molecule has 142 valence electrons. The summed E-state index contributed by atoms with van der Waals surface area (Å²) in [5, 5.41) is 8.43. The number of benzene rings is 3. The molecule has 3 aromatic carbocycles. The van der Waals surface area contributed by atoms with Gasteiger partial charge < -0.3 is 14.8 Å². The molecule has 0 bridgehead atoms. The first-order valence-electron chi connectivity index (χ1n) is 8.46. The molecule has 3 rings (SSSR count). The molecule has 0 aliphatic carbocycles. The molecule has 2 amide bonds. The van der Waals surface area contributed by atoms with Gasteiger partial charge in [0.2, 0.25) is 0 Å². The highest BCUT2D eigenvalue weighted by atomic mass is 16.5. The number of amides is 2. The Morgan fingerprint density at radius 2 is 1.71 bits per heavy atom. The molecule has 0 radical (unpaired) electrons. The highest BCUT2D eigenvalue weighted by Gasteiger charge is 2.15. The van der Waals surface area contributed by atoms with E-state index in [9.17, 15) is 9.59 Å². The fourth-order valence-corrected chi connectivity index (χ4v) is 2.66. The van der Waals surface area contributed by atoms with Crippen LogP contribution in [0.1, 0.15) is 5.56 Å². The van der Waals surface area contributed by atoms with Gasteiger partial charge in [0.05, 0.1) is 26.1 Å². The van der Waals surface area contributed by atoms with Crippen molar-refractivity contribution in [3.8, 4) is 11.5 Å². The van der Waals surface area contributed by atoms with Crippen LogP contribution in [0.25, 0.3) is 10.8 Å². The molecule has 0 aliphatic rings. The molecule has 28 heavy (non-hydrogen) atoms. The van der Waals surface area contributed by atoms with E-state index in [0.29, 0.717) is 17.2 Å². The molecule has 0 unspecified atom stereocenters. The number of rotatable bonds is 5. The van der Waals surface area contributed by atoms with E-state index in [2.05, 4.69) is 15.8 Å². The van der Waals surface area contributed by atoms with Crippen LogP contribution < -0.4 is 20.2 Å². The first-order chi connectivity index (χ1) is 13.6. The molecule has 7 nitrogen and oxygen atoms in total. The molecule has 0 aromatic heterocycles. The summed E-state index contributed by atoms with van der Waals surface area (Å²) < 4.78 is 10.3. The van der Waals surface area contributed by atoms with E-state index in [4.69, 9.17) is 9.47 Å². The molecule has 0 saturated heterocycles. The predicted octanol–water partition coefficient (Wildman–Crippen LogP) is 2.95. The zero-order valence-corrected chi connectivity index (χ0v) is 15.4. The second-order valence-electron chi connectivity index (χ2n) is 5.79. The molecule has 7 heteroatoms. The van der Waals surface area contributed by atoms with Crippen molar-refractivity contribution in [3.63, 3.8) is 0 Å². The zero-order valence-electron chi connectivity index (χ0n) is 15.4. The van der Waals surface area contributed by atoms with E-state index < -0.39 is 11.8 Å². The Balaban J connectivity index is 1.66. The van der Waals surface area contributed by atoms with Gasteiger partial charge in [0, 0.05) is 11.6 Å². The van der Waals surface area contributed by atoms with Gasteiger partial charge >= 0.3 is 11.8 Å². The molecular weight excluding hydrogens is 358 g/mol. The topological polar surface area (TPSA) is 89.0 Å². The summed E-state index contributed by atoms with van der Waals surface area (Å²) in [7, 11) is 2.98. The Hall–Kier alpha value is -3.87. The van der Waals surface area contributed by atoms with Crippen LogP contribution in [0.2, 0.25) is 0 Å². The number of methoxy groups -OCH3 is 2. The molecule has 0 saturated carbocycles. The highest BCUT2D eigenvalue weighted by molar-refractivity contribution is 6.39. The lowest BCUT2D eigenvalue weighted by Crippen LogP contribution is -2.32. The maximum absolute atomic E-state index is 12.1. The summed E-state index contributed by atoms with van der Waals surface area (Å²) in [5.74, 6) is -0.813. The van der Waals surface area contributed by atoms with Crippen LogP contribution in [-0.2, 0) is 9.59 Å². The largest absolute Gasteiger partial charge is 0.497 e. The molecular formula is C21H19N3O4. The molecule has 3 aromatic rings. The van der Waals surface area contributed by atoms with Crippen molar-refractivity contribution < 1.29 is 19.1 Å². The molecule has 0 aliphatic heterocycles. The van der Waals surface area contributed by atoms with Crippen LogP contribution in [-0.4, -0.2) is 32.2 Å². The Kier molecular flexibility index (Phi) is 5.86. The fourth-order valence-electron chi connectivity index (χ4n) is 2.66. The molecule has 0 spiro atoms. The van der Waals surface area contributed by atoms with Crippen molar-refractivity contribution in [2.24, 2.45) is 5.10 Å². The van der Waals surface area contributed by atoms with Gasteiger partial charge in [-0.15, -0.1) is 0 Å². The number of hydrogen-bond acceptors (Lipinski definition) is 5. The lowest BCUT2D eigenvalue weighted by Gasteiger charge is -2.10. The Morgan fingerprint density at radius 3 is 2.50 bits per heavy atom. The van der Waals surface area contributed by atoms with E-state index in [-0.39, 0.29) is 0 Å². The van der Waals surface area contributed by atoms with E-state index >= 15 is 0 Å². The maximum Gasteiger partial charge on any atom is 0.329 e. The standard InChI is InChI=1S/C21H19N3O4/c1-27-16-10-11-18(19(12-16)28-2)23-20(25)21(26)24-22-13-15-8-5-7-14-6-3-4-9-17(14)15/h3-13H,1-2H3,(H,23,25)(H,24,26). The Morgan fingerprint density at radius 1 is 0.929 bits per heavy atom. The van der Waals surface area contributed by atoms with Crippen LogP contribution in [0.5, 0.6) is 11.5 Å². The third-order valence-corrected chi connectivity index (χ3v) is 4.06. The number of carbonyl (C=O) groups is 2. The van der Waals surface area contributed by atoms with Crippen LogP contribution in [0.15, 0.2) is 65.8 Å². The number of nitrogens with one attached hydrogen (secondary N) is 2. The summed E-state index contributed by atoms with van der Waals surface area (Å²) in [6.07, 6.45) is 1.50. The van der Waals surface area contributed by atoms with Crippen LogP contribution >= 0.6 is 0 Å². The van der Waals surface area contributed by atoms with E-state index in [1.807, 2.05) is 42.5 Å². The SMILES string of the molecule is COc1ccc(NC(=O)C(=O)NN=Cc2cccc3ccccc23)c(OC)c1. The third kappa shape index (κ3) is 4.27. The average molecular weight is 377 g/mol. The van der Waals surface area contributed by atoms with Crippen LogP contribution in [0.3, 0.4) is 0 Å². The monoisotopic (exact) mass is 377 g/mol. The smallest absolute Gasteiger partial charge is 0.329 e. The number of nitrogens with zero attached hydrogens (tertiary/aromatic N) is 1. The predicted molar refractivity (Wildman–Crippen MR) is 108 cm³/mol. The number of anilines is 1. The van der Waals surface area contributed by atoms with Crippen LogP contribution in [0, 0.1) is 0 Å². The van der Waals surface area contributed by atoms with Crippen molar-refractivity contribution in [2.45, 2.75) is 0 Å². The van der Waals surface area contributed by atoms with Crippen molar-refractivity contribution >= 4 is 34.5 Å². The van der Waals surface area contributed by atoms with Gasteiger partial charge in [-0.25, -0.2) is 5.43 Å². The van der Waals surface area contributed by atoms with Gasteiger partial charge in [0.25, 0.3) is 0 Å². The minimum atomic E-state index is -0.894. The molecule has 0 heterocycles. The second-order valence-corrected chi connectivity index (χ2v) is 5.79. The number of carbonyl (C=O) groups excluding carboxylic acids is 2. The maximum atomic E-state index is 12.1. The van der Waals surface area contributed by atoms with Crippen molar-refractivity contribution in [1.82, 2.24) is 5.43 Å². The summed E-state index contributed by atoms with van der Waals surface area (Å²) in [6.45, 7) is 0. The van der Waals surface area contributed by atoms with Gasteiger partial charge in [-0.2, -0.15) is 5.10 Å². The third-order valence-electron chi connectivity index (χ3n) is 4.06. The molecule has 0 fully saturated rings. The van der Waals surface area contributed by atoms with Gasteiger partial charge in [-0.3, -0.25) is 9.59 Å². The second kappa shape index (κ2) is 8.68. The van der Waals surface area contributed by atoms with E-state index in [0.717, 1.165) is 16.3 Å². The van der Waals surface area contributed by atoms with E-state index in [1.165, 1.54) is 20.4 Å². The Bertz CT molecular complexity index is 1040. The first-order valence-corrected chi connectivity index (χ1v) is 8.46. The summed E-state index contributed by atoms with van der Waals surface area (Å²) in [6, 6.07) is 18.4. The highest BCUT2D eigenvalue weighted by Crippen LogP contribution is 2.28. The lowest BCUT2D eigenvalue weighted by molar-refractivity contribution is -0.136. The van der Waals surface area contributed by atoms with Gasteiger partial charge in [-0.05, 0) is 22.9 Å².